The number of rotatable bonds is 3. The molecule has 1 aromatic carbocycles. The first-order valence-electron chi connectivity index (χ1n) is 5.81. The van der Waals surface area contributed by atoms with Crippen molar-refractivity contribution in [3.63, 3.8) is 0 Å². The number of nitrogens with one attached hydrogen (secondary N) is 1. The van der Waals surface area contributed by atoms with Gasteiger partial charge < -0.3 is 9.88 Å². The van der Waals surface area contributed by atoms with Crippen LogP contribution in [-0.4, -0.2) is 29.5 Å². The van der Waals surface area contributed by atoms with Gasteiger partial charge in [0, 0.05) is 21.7 Å². The molecule has 0 bridgehead atoms. The van der Waals surface area contributed by atoms with Gasteiger partial charge in [0.25, 0.3) is 0 Å². The number of benzene rings is 1. The molecule has 3 rings (SSSR count). The highest BCUT2D eigenvalue weighted by Gasteiger charge is 2.14. The van der Waals surface area contributed by atoms with Crippen LogP contribution in [0.15, 0.2) is 24.4 Å². The molecule has 2 heterocycles. The largest absolute Gasteiger partial charge is 0.360 e. The number of hydrogen-bond donors (Lipinski definition) is 1. The molecule has 1 N–H and O–H groups in total. The van der Waals surface area contributed by atoms with E-state index in [-0.39, 0.29) is 0 Å². The lowest BCUT2D eigenvalue weighted by Crippen LogP contribution is -2.38. The molecular weight excluding hydrogens is 311 g/mol. The minimum absolute atomic E-state index is 1.17. The van der Waals surface area contributed by atoms with Crippen molar-refractivity contribution < 1.29 is 0 Å². The average molecular weight is 326 g/mol. The molecule has 0 amide bonds. The highest BCUT2D eigenvalue weighted by atomic mass is 127. The van der Waals surface area contributed by atoms with Gasteiger partial charge in [-0.3, -0.25) is 0 Å². The van der Waals surface area contributed by atoms with Crippen LogP contribution in [0, 0.1) is 3.57 Å². The first kappa shape index (κ1) is 10.6. The molecule has 16 heavy (non-hydrogen) atoms. The Kier molecular flexibility index (Phi) is 2.90. The zero-order valence-electron chi connectivity index (χ0n) is 9.17. The standard InChI is InChI=1S/C13H15IN2/c14-12-4-1-3-11-10(9-15-13(11)12)5-8-16-6-2-7-16/h1,3-4,9,15H,2,5-8H2. The lowest BCUT2D eigenvalue weighted by Gasteiger charge is -2.30. The smallest absolute Gasteiger partial charge is 0.0592 e. The van der Waals surface area contributed by atoms with Crippen molar-refractivity contribution >= 4 is 33.5 Å². The van der Waals surface area contributed by atoms with Crippen LogP contribution >= 0.6 is 22.6 Å². The Labute approximate surface area is 109 Å². The van der Waals surface area contributed by atoms with E-state index >= 15 is 0 Å². The summed E-state index contributed by atoms with van der Waals surface area (Å²) in [5.41, 5.74) is 2.75. The van der Waals surface area contributed by atoms with Crippen molar-refractivity contribution in [3.05, 3.63) is 33.5 Å². The van der Waals surface area contributed by atoms with Gasteiger partial charge in [-0.25, -0.2) is 0 Å². The average Bonchev–Trinajstić information content (AvgIpc) is 2.61. The summed E-state index contributed by atoms with van der Waals surface area (Å²) in [4.78, 5) is 5.91. The molecule has 0 aliphatic carbocycles. The minimum Gasteiger partial charge on any atom is -0.360 e. The SMILES string of the molecule is Ic1cccc2c(CCN3CCC3)c[nH]c12. The van der Waals surface area contributed by atoms with E-state index in [2.05, 4.69) is 56.9 Å². The van der Waals surface area contributed by atoms with Crippen LogP contribution in [0.1, 0.15) is 12.0 Å². The van der Waals surface area contributed by atoms with Gasteiger partial charge in [-0.05, 0) is 60.2 Å². The van der Waals surface area contributed by atoms with Crippen LogP contribution < -0.4 is 0 Å². The summed E-state index contributed by atoms with van der Waals surface area (Å²) < 4.78 is 1.31. The van der Waals surface area contributed by atoms with Gasteiger partial charge in [-0.1, -0.05) is 12.1 Å². The van der Waals surface area contributed by atoms with Crippen molar-refractivity contribution in [2.24, 2.45) is 0 Å². The summed E-state index contributed by atoms with van der Waals surface area (Å²) in [5.74, 6) is 0. The Morgan fingerprint density at radius 2 is 2.19 bits per heavy atom. The van der Waals surface area contributed by atoms with E-state index in [9.17, 15) is 0 Å². The molecule has 1 fully saturated rings. The maximum Gasteiger partial charge on any atom is 0.0592 e. The van der Waals surface area contributed by atoms with Crippen LogP contribution in [0.2, 0.25) is 0 Å². The highest BCUT2D eigenvalue weighted by molar-refractivity contribution is 14.1. The maximum atomic E-state index is 3.39. The van der Waals surface area contributed by atoms with Crippen LogP contribution in [0.3, 0.4) is 0 Å². The summed E-state index contributed by atoms with van der Waals surface area (Å²) in [6.45, 7) is 3.79. The van der Waals surface area contributed by atoms with Gasteiger partial charge >= 0.3 is 0 Å². The highest BCUT2D eigenvalue weighted by Crippen LogP contribution is 2.23. The molecule has 0 spiro atoms. The second-order valence-electron chi connectivity index (χ2n) is 4.42. The molecule has 1 aromatic heterocycles. The zero-order valence-corrected chi connectivity index (χ0v) is 11.3. The van der Waals surface area contributed by atoms with Crippen LogP contribution in [0.25, 0.3) is 10.9 Å². The summed E-state index contributed by atoms with van der Waals surface area (Å²) in [7, 11) is 0. The number of hydrogen-bond acceptors (Lipinski definition) is 1. The molecule has 0 atom stereocenters. The molecule has 3 heteroatoms. The fourth-order valence-corrected chi connectivity index (χ4v) is 2.92. The summed E-state index contributed by atoms with van der Waals surface area (Å²) in [6.07, 6.45) is 4.72. The van der Waals surface area contributed by atoms with Gasteiger partial charge in [0.15, 0.2) is 0 Å². The first-order chi connectivity index (χ1) is 7.84. The van der Waals surface area contributed by atoms with Crippen molar-refractivity contribution in [3.8, 4) is 0 Å². The van der Waals surface area contributed by atoms with Gasteiger partial charge in [-0.15, -0.1) is 0 Å². The molecule has 2 aromatic rings. The van der Waals surface area contributed by atoms with Gasteiger partial charge in [0.05, 0.1) is 5.52 Å². The molecule has 1 saturated heterocycles. The second kappa shape index (κ2) is 4.37. The molecular formula is C13H15IN2. The summed E-state index contributed by atoms with van der Waals surface area (Å²) in [5, 5.41) is 1.40. The number of para-hydroxylation sites is 1. The third-order valence-corrected chi connectivity index (χ3v) is 4.30. The quantitative estimate of drug-likeness (QED) is 0.859. The monoisotopic (exact) mass is 326 g/mol. The van der Waals surface area contributed by atoms with Crippen molar-refractivity contribution in [1.29, 1.82) is 0 Å². The normalized spacial score (nSPS) is 16.6. The number of aromatic nitrogens is 1. The van der Waals surface area contributed by atoms with E-state index in [1.54, 1.807) is 0 Å². The number of halogens is 1. The molecule has 1 aliphatic rings. The Hall–Kier alpha value is -0.550. The second-order valence-corrected chi connectivity index (χ2v) is 5.58. The van der Waals surface area contributed by atoms with Gasteiger partial charge in [0.2, 0.25) is 0 Å². The maximum absolute atomic E-state index is 3.39. The summed E-state index contributed by atoms with van der Waals surface area (Å²) >= 11 is 2.39. The Balaban J connectivity index is 1.83. The van der Waals surface area contributed by atoms with Crippen molar-refractivity contribution in [1.82, 2.24) is 9.88 Å². The Morgan fingerprint density at radius 1 is 1.31 bits per heavy atom. The van der Waals surface area contributed by atoms with Crippen LogP contribution in [-0.2, 0) is 6.42 Å². The lowest BCUT2D eigenvalue weighted by atomic mass is 10.1. The minimum atomic E-state index is 1.17. The Morgan fingerprint density at radius 3 is 2.94 bits per heavy atom. The van der Waals surface area contributed by atoms with E-state index in [1.165, 1.54) is 52.5 Å². The first-order valence-corrected chi connectivity index (χ1v) is 6.89. The molecule has 84 valence electrons. The molecule has 0 saturated carbocycles. The van der Waals surface area contributed by atoms with E-state index in [0.29, 0.717) is 0 Å². The third-order valence-electron chi connectivity index (χ3n) is 3.40. The van der Waals surface area contributed by atoms with E-state index < -0.39 is 0 Å². The van der Waals surface area contributed by atoms with Gasteiger partial charge in [0.1, 0.15) is 0 Å². The number of likely N-dealkylation sites (tertiary alicyclic amines) is 1. The van der Waals surface area contributed by atoms with Gasteiger partial charge in [-0.2, -0.15) is 0 Å². The number of H-pyrrole nitrogens is 1. The van der Waals surface area contributed by atoms with Crippen LogP contribution in [0.4, 0.5) is 0 Å². The third kappa shape index (κ3) is 1.86. The van der Waals surface area contributed by atoms with Crippen molar-refractivity contribution in [2.45, 2.75) is 12.8 Å². The van der Waals surface area contributed by atoms with Crippen molar-refractivity contribution in [2.75, 3.05) is 19.6 Å². The van der Waals surface area contributed by atoms with E-state index in [1.807, 2.05) is 0 Å². The fourth-order valence-electron chi connectivity index (χ4n) is 2.27. The fraction of sp³-hybridized carbons (Fsp3) is 0.385. The predicted molar refractivity (Wildman–Crippen MR) is 75.8 cm³/mol. The molecule has 0 radical (unpaired) electrons. The molecule has 1 aliphatic heterocycles. The number of fused-ring (bicyclic) bond motifs is 1. The Bertz CT molecular complexity index is 500. The molecule has 0 unspecified atom stereocenters. The molecule has 2 nitrogen and oxygen atoms in total. The topological polar surface area (TPSA) is 19.0 Å². The number of nitrogens with zero attached hydrogens (tertiary/aromatic N) is 1. The number of aromatic amines is 1. The lowest BCUT2D eigenvalue weighted by molar-refractivity contribution is 0.184. The summed E-state index contributed by atoms with van der Waals surface area (Å²) in [6, 6.07) is 6.52. The zero-order chi connectivity index (χ0) is 11.0. The van der Waals surface area contributed by atoms with E-state index in [4.69, 9.17) is 0 Å². The van der Waals surface area contributed by atoms with E-state index in [0.717, 1.165) is 0 Å². The predicted octanol–water partition coefficient (Wildman–Crippen LogP) is 3.02. The van der Waals surface area contributed by atoms with Crippen LogP contribution in [0.5, 0.6) is 0 Å².